The van der Waals surface area contributed by atoms with Crippen LogP contribution in [0.15, 0.2) is 64.2 Å². The second kappa shape index (κ2) is 5.11. The van der Waals surface area contributed by atoms with E-state index in [0.717, 1.165) is 21.7 Å². The van der Waals surface area contributed by atoms with Crippen LogP contribution in [0, 0.1) is 0 Å². The van der Waals surface area contributed by atoms with E-state index >= 15 is 0 Å². The number of aromatic nitrogens is 2. The zero-order valence-corrected chi connectivity index (χ0v) is 14.5. The van der Waals surface area contributed by atoms with Crippen LogP contribution in [0.3, 0.4) is 0 Å². The molecule has 0 saturated heterocycles. The van der Waals surface area contributed by atoms with Gasteiger partial charge in [-0.2, -0.15) is 0 Å². The number of fused-ring (bicyclic) bond motifs is 3. The molecule has 5 rings (SSSR count). The lowest BCUT2D eigenvalue weighted by Crippen LogP contribution is -2.28. The van der Waals surface area contributed by atoms with Crippen molar-refractivity contribution in [1.29, 1.82) is 0 Å². The van der Waals surface area contributed by atoms with E-state index in [1.807, 2.05) is 42.5 Å². The third-order valence-electron chi connectivity index (χ3n) is 5.13. The normalized spacial score (nSPS) is 12.1. The van der Waals surface area contributed by atoms with E-state index in [0.29, 0.717) is 21.9 Å². The molecule has 4 heteroatoms. The number of hydrogen-bond donors (Lipinski definition) is 0. The molecule has 126 valence electrons. The van der Waals surface area contributed by atoms with Crippen LogP contribution in [0.5, 0.6) is 0 Å². The minimum Gasteiger partial charge on any atom is -0.268 e. The Morgan fingerprint density at radius 2 is 1.42 bits per heavy atom. The highest BCUT2D eigenvalue weighted by Crippen LogP contribution is 2.28. The summed E-state index contributed by atoms with van der Waals surface area (Å²) >= 11 is 0. The zero-order chi connectivity index (χ0) is 18.0. The first-order valence-corrected chi connectivity index (χ1v) is 8.70. The third-order valence-corrected chi connectivity index (χ3v) is 5.13. The van der Waals surface area contributed by atoms with Crippen molar-refractivity contribution < 1.29 is 0 Å². The average molecular weight is 340 g/mol. The van der Waals surface area contributed by atoms with Crippen LogP contribution in [-0.2, 0) is 0 Å². The molecular weight excluding hydrogens is 324 g/mol. The fourth-order valence-corrected chi connectivity index (χ4v) is 3.89. The van der Waals surface area contributed by atoms with Crippen molar-refractivity contribution in [2.75, 3.05) is 0 Å². The first-order valence-electron chi connectivity index (χ1n) is 8.70. The predicted molar refractivity (Wildman–Crippen MR) is 106 cm³/mol. The third kappa shape index (κ3) is 1.81. The van der Waals surface area contributed by atoms with Crippen LogP contribution < -0.4 is 11.1 Å². The van der Waals surface area contributed by atoms with Crippen molar-refractivity contribution in [1.82, 2.24) is 9.38 Å². The average Bonchev–Trinajstić information content (AvgIpc) is 2.65. The molecule has 0 atom stereocenters. The van der Waals surface area contributed by atoms with E-state index in [1.165, 1.54) is 4.40 Å². The largest absolute Gasteiger partial charge is 0.268 e. The Labute approximate surface area is 148 Å². The minimum atomic E-state index is -0.307. The van der Waals surface area contributed by atoms with Gasteiger partial charge in [0.15, 0.2) is 5.65 Å². The van der Waals surface area contributed by atoms with Crippen LogP contribution in [0.1, 0.15) is 25.3 Å². The van der Waals surface area contributed by atoms with Crippen LogP contribution in [0.4, 0.5) is 0 Å². The van der Waals surface area contributed by atoms with E-state index in [-0.39, 0.29) is 17.0 Å². The molecule has 0 fully saturated rings. The van der Waals surface area contributed by atoms with Crippen molar-refractivity contribution in [3.63, 3.8) is 0 Å². The van der Waals surface area contributed by atoms with Crippen molar-refractivity contribution in [3.8, 4) is 0 Å². The van der Waals surface area contributed by atoms with Gasteiger partial charge in [-0.1, -0.05) is 56.3 Å². The highest BCUT2D eigenvalue weighted by Gasteiger charge is 2.17. The smallest absolute Gasteiger partial charge is 0.268 e. The molecule has 5 aromatic rings. The Balaban J connectivity index is 2.18. The number of hydrogen-bond acceptors (Lipinski definition) is 3. The maximum atomic E-state index is 13.2. The van der Waals surface area contributed by atoms with E-state index in [2.05, 4.69) is 13.8 Å². The monoisotopic (exact) mass is 340 g/mol. The molecule has 0 bridgehead atoms. The van der Waals surface area contributed by atoms with Gasteiger partial charge in [-0.25, -0.2) is 9.38 Å². The fourth-order valence-electron chi connectivity index (χ4n) is 3.89. The topological polar surface area (TPSA) is 51.4 Å². The first-order chi connectivity index (χ1) is 12.6. The number of benzene rings is 3. The predicted octanol–water partition coefficient (Wildman–Crippen LogP) is 4.08. The molecule has 0 aliphatic rings. The summed E-state index contributed by atoms with van der Waals surface area (Å²) in [5, 5.41) is 3.71. The number of para-hydroxylation sites is 1. The van der Waals surface area contributed by atoms with Gasteiger partial charge in [-0.05, 0) is 29.0 Å². The van der Waals surface area contributed by atoms with Gasteiger partial charge in [-0.15, -0.1) is 0 Å². The van der Waals surface area contributed by atoms with E-state index in [4.69, 9.17) is 4.98 Å². The highest BCUT2D eigenvalue weighted by atomic mass is 16.2. The summed E-state index contributed by atoms with van der Waals surface area (Å²) in [5.41, 5.74) is 1.52. The number of nitrogens with zero attached hydrogens (tertiary/aromatic N) is 2. The van der Waals surface area contributed by atoms with Crippen LogP contribution in [0.25, 0.3) is 38.1 Å². The Morgan fingerprint density at radius 1 is 0.808 bits per heavy atom. The minimum absolute atomic E-state index is 0.232. The zero-order valence-electron chi connectivity index (χ0n) is 14.5. The molecule has 0 spiro atoms. The molecule has 0 amide bonds. The molecule has 0 radical (unpaired) electrons. The van der Waals surface area contributed by atoms with Crippen LogP contribution >= 0.6 is 0 Å². The Bertz CT molecular complexity index is 1440. The lowest BCUT2D eigenvalue weighted by molar-refractivity contribution is 0.871. The summed E-state index contributed by atoms with van der Waals surface area (Å²) in [6.07, 6.45) is 0. The second-order valence-corrected chi connectivity index (χ2v) is 6.99. The molecule has 3 aromatic carbocycles. The maximum Gasteiger partial charge on any atom is 0.268 e. The van der Waals surface area contributed by atoms with Gasteiger partial charge < -0.3 is 0 Å². The number of pyridine rings is 1. The quantitative estimate of drug-likeness (QED) is 0.341. The van der Waals surface area contributed by atoms with E-state index < -0.39 is 0 Å². The van der Waals surface area contributed by atoms with Crippen molar-refractivity contribution in [2.45, 2.75) is 19.8 Å². The van der Waals surface area contributed by atoms with Gasteiger partial charge in [0.1, 0.15) is 0 Å². The summed E-state index contributed by atoms with van der Waals surface area (Å²) < 4.78 is 1.23. The van der Waals surface area contributed by atoms with Crippen molar-refractivity contribution >= 4 is 38.1 Å². The van der Waals surface area contributed by atoms with Gasteiger partial charge in [0.2, 0.25) is 0 Å². The molecule has 0 aliphatic carbocycles. The molecule has 2 aromatic heterocycles. The van der Waals surface area contributed by atoms with E-state index in [1.54, 1.807) is 12.1 Å². The molecule has 0 saturated carbocycles. The Hall–Kier alpha value is -3.27. The fraction of sp³-hybridized carbons (Fsp3) is 0.136. The van der Waals surface area contributed by atoms with Crippen LogP contribution in [0.2, 0.25) is 0 Å². The Morgan fingerprint density at radius 3 is 2.15 bits per heavy atom. The van der Waals surface area contributed by atoms with Crippen LogP contribution in [-0.4, -0.2) is 9.38 Å². The summed E-state index contributed by atoms with van der Waals surface area (Å²) in [6, 6.07) is 17.0. The summed E-state index contributed by atoms with van der Waals surface area (Å²) in [4.78, 5) is 31.1. The molecule has 0 N–H and O–H groups in total. The molecule has 0 unspecified atom stereocenters. The summed E-state index contributed by atoms with van der Waals surface area (Å²) in [5.74, 6) is 0.232. The summed E-state index contributed by atoms with van der Waals surface area (Å²) in [6.45, 7) is 4.16. The van der Waals surface area contributed by atoms with E-state index in [9.17, 15) is 9.59 Å². The lowest BCUT2D eigenvalue weighted by atomic mass is 9.99. The van der Waals surface area contributed by atoms with Gasteiger partial charge in [0, 0.05) is 16.2 Å². The molecule has 26 heavy (non-hydrogen) atoms. The Kier molecular flexibility index (Phi) is 2.95. The van der Waals surface area contributed by atoms with Gasteiger partial charge in [0.05, 0.1) is 10.9 Å². The second-order valence-electron chi connectivity index (χ2n) is 6.99. The molecule has 0 aliphatic heterocycles. The number of rotatable bonds is 1. The van der Waals surface area contributed by atoms with Crippen molar-refractivity contribution in [2.24, 2.45) is 0 Å². The maximum absolute atomic E-state index is 13.2. The SMILES string of the molecule is CC(C)c1cccc2c(=O)n3c(=O)c4cccc5cccc(c54)c3nc12. The molecule has 2 heterocycles. The molecule has 4 nitrogen and oxygen atoms in total. The van der Waals surface area contributed by atoms with Gasteiger partial charge >= 0.3 is 0 Å². The standard InChI is InChI=1S/C22H16N2O2/c1-12(2)14-8-5-11-17-19(14)23-20-15-9-3-6-13-7-4-10-16(18(13)15)21(25)24(20)22(17)26/h3-12H,1-2H3. The lowest BCUT2D eigenvalue weighted by Gasteiger charge is -2.12. The first kappa shape index (κ1) is 15.0. The van der Waals surface area contributed by atoms with Crippen molar-refractivity contribution in [3.05, 3.63) is 80.9 Å². The molecular formula is C22H16N2O2. The van der Waals surface area contributed by atoms with Gasteiger partial charge in [0.25, 0.3) is 11.1 Å². The highest BCUT2D eigenvalue weighted by molar-refractivity contribution is 6.14. The van der Waals surface area contributed by atoms with Gasteiger partial charge in [-0.3, -0.25) is 9.59 Å². The summed E-state index contributed by atoms with van der Waals surface area (Å²) in [7, 11) is 0.